The third-order valence-electron chi connectivity index (χ3n) is 2.37. The normalized spacial score (nSPS) is 12.4. The predicted molar refractivity (Wildman–Crippen MR) is 58.3 cm³/mol. The first kappa shape index (κ1) is 10.9. The molecule has 1 aromatic rings. The largest absolute Gasteiger partial charge is 0.317 e. The van der Waals surface area contributed by atoms with Gasteiger partial charge in [-0.15, -0.1) is 0 Å². The smallest absolute Gasteiger partial charge is 0.120 e. The van der Waals surface area contributed by atoms with Gasteiger partial charge in [0.1, 0.15) is 6.29 Å². The first-order valence-electron chi connectivity index (χ1n) is 5.01. The molecular weight excluding hydrogens is 174 g/mol. The van der Waals surface area contributed by atoms with Crippen molar-refractivity contribution in [1.29, 1.82) is 0 Å². The Morgan fingerprint density at radius 2 is 2.07 bits per heavy atom. The summed E-state index contributed by atoms with van der Waals surface area (Å²) in [6.45, 7) is 0. The van der Waals surface area contributed by atoms with Gasteiger partial charge in [0.2, 0.25) is 0 Å². The molecule has 1 unspecified atom stereocenters. The van der Waals surface area contributed by atoms with Crippen LogP contribution in [0.3, 0.4) is 0 Å². The van der Waals surface area contributed by atoms with Crippen LogP contribution in [0.5, 0.6) is 0 Å². The van der Waals surface area contributed by atoms with Crippen molar-refractivity contribution in [3.63, 3.8) is 0 Å². The zero-order chi connectivity index (χ0) is 10.2. The average molecular weight is 191 g/mol. The summed E-state index contributed by atoms with van der Waals surface area (Å²) < 4.78 is 0. The molecule has 1 rings (SSSR count). The molecule has 0 saturated carbocycles. The average Bonchev–Trinajstić information content (AvgIpc) is 2.25. The first-order chi connectivity index (χ1) is 6.86. The van der Waals surface area contributed by atoms with E-state index in [1.807, 2.05) is 25.2 Å². The fourth-order valence-corrected chi connectivity index (χ4v) is 1.52. The molecular formula is C12H17NO. The second-order valence-electron chi connectivity index (χ2n) is 3.42. The highest BCUT2D eigenvalue weighted by atomic mass is 16.1. The minimum absolute atomic E-state index is 0.405. The fourth-order valence-electron chi connectivity index (χ4n) is 1.52. The number of benzene rings is 1. The molecule has 0 aliphatic carbocycles. The SMILES string of the molecule is CNC(CCC=O)Cc1ccccc1. The van der Waals surface area contributed by atoms with Gasteiger partial charge in [-0.2, -0.15) is 0 Å². The zero-order valence-electron chi connectivity index (χ0n) is 8.57. The van der Waals surface area contributed by atoms with E-state index in [9.17, 15) is 4.79 Å². The molecule has 2 nitrogen and oxygen atoms in total. The van der Waals surface area contributed by atoms with Crippen molar-refractivity contribution in [3.05, 3.63) is 35.9 Å². The minimum atomic E-state index is 0.405. The van der Waals surface area contributed by atoms with Gasteiger partial charge in [0.15, 0.2) is 0 Å². The van der Waals surface area contributed by atoms with Crippen LogP contribution < -0.4 is 5.32 Å². The number of aldehydes is 1. The summed E-state index contributed by atoms with van der Waals surface area (Å²) in [6.07, 6.45) is 3.52. The molecule has 2 heteroatoms. The van der Waals surface area contributed by atoms with Crippen molar-refractivity contribution in [2.75, 3.05) is 7.05 Å². The predicted octanol–water partition coefficient (Wildman–Crippen LogP) is 1.80. The van der Waals surface area contributed by atoms with Crippen LogP contribution in [0.15, 0.2) is 30.3 Å². The van der Waals surface area contributed by atoms with Gasteiger partial charge in [0.05, 0.1) is 0 Å². The van der Waals surface area contributed by atoms with Crippen molar-refractivity contribution < 1.29 is 4.79 Å². The van der Waals surface area contributed by atoms with Gasteiger partial charge in [0.25, 0.3) is 0 Å². The van der Waals surface area contributed by atoms with E-state index in [0.29, 0.717) is 12.5 Å². The van der Waals surface area contributed by atoms with Crippen LogP contribution in [0.1, 0.15) is 18.4 Å². The molecule has 0 heterocycles. The lowest BCUT2D eigenvalue weighted by atomic mass is 10.0. The van der Waals surface area contributed by atoms with Crippen molar-refractivity contribution in [2.45, 2.75) is 25.3 Å². The molecule has 14 heavy (non-hydrogen) atoms. The molecule has 0 aromatic heterocycles. The fraction of sp³-hybridized carbons (Fsp3) is 0.417. The summed E-state index contributed by atoms with van der Waals surface area (Å²) in [5.74, 6) is 0. The molecule has 0 saturated heterocycles. The molecule has 0 bridgehead atoms. The van der Waals surface area contributed by atoms with E-state index in [1.54, 1.807) is 0 Å². The van der Waals surface area contributed by atoms with E-state index in [4.69, 9.17) is 0 Å². The Kier molecular flexibility index (Phi) is 4.94. The molecule has 0 fully saturated rings. The molecule has 1 atom stereocenters. The highest BCUT2D eigenvalue weighted by molar-refractivity contribution is 5.49. The van der Waals surface area contributed by atoms with Gasteiger partial charge in [-0.05, 0) is 25.5 Å². The second kappa shape index (κ2) is 6.33. The lowest BCUT2D eigenvalue weighted by molar-refractivity contribution is -0.108. The Hall–Kier alpha value is -1.15. The molecule has 0 radical (unpaired) electrons. The maximum atomic E-state index is 10.2. The molecule has 0 aliphatic heterocycles. The highest BCUT2D eigenvalue weighted by Gasteiger charge is 2.05. The van der Waals surface area contributed by atoms with Crippen LogP contribution in [0.25, 0.3) is 0 Å². The summed E-state index contributed by atoms with van der Waals surface area (Å²) in [5.41, 5.74) is 1.32. The highest BCUT2D eigenvalue weighted by Crippen LogP contribution is 2.06. The first-order valence-corrected chi connectivity index (χ1v) is 5.01. The third kappa shape index (κ3) is 3.71. The minimum Gasteiger partial charge on any atom is -0.317 e. The number of hydrogen-bond acceptors (Lipinski definition) is 2. The number of likely N-dealkylation sites (N-methyl/N-ethyl adjacent to an activating group) is 1. The van der Waals surface area contributed by atoms with E-state index in [2.05, 4.69) is 17.4 Å². The molecule has 0 spiro atoms. The number of carbonyl (C=O) groups is 1. The standard InChI is InChI=1S/C12H17NO/c1-13-12(8-5-9-14)10-11-6-3-2-4-7-11/h2-4,6-7,9,12-13H,5,8,10H2,1H3. The van der Waals surface area contributed by atoms with Gasteiger partial charge in [-0.3, -0.25) is 0 Å². The Morgan fingerprint density at radius 1 is 1.36 bits per heavy atom. The van der Waals surface area contributed by atoms with Crippen molar-refractivity contribution in [3.8, 4) is 0 Å². The second-order valence-corrected chi connectivity index (χ2v) is 3.42. The van der Waals surface area contributed by atoms with Crippen LogP contribution in [-0.2, 0) is 11.2 Å². The number of hydrogen-bond donors (Lipinski definition) is 1. The Labute approximate surface area is 85.3 Å². The van der Waals surface area contributed by atoms with Crippen molar-refractivity contribution in [1.82, 2.24) is 5.32 Å². The summed E-state index contributed by atoms with van der Waals surface area (Å²) in [4.78, 5) is 10.2. The lowest BCUT2D eigenvalue weighted by Crippen LogP contribution is -2.27. The van der Waals surface area contributed by atoms with Crippen LogP contribution in [-0.4, -0.2) is 19.4 Å². The van der Waals surface area contributed by atoms with Crippen LogP contribution in [0.4, 0.5) is 0 Å². The quantitative estimate of drug-likeness (QED) is 0.695. The maximum Gasteiger partial charge on any atom is 0.120 e. The topological polar surface area (TPSA) is 29.1 Å². The van der Waals surface area contributed by atoms with Gasteiger partial charge in [-0.1, -0.05) is 30.3 Å². The summed E-state index contributed by atoms with van der Waals surface area (Å²) in [6, 6.07) is 10.7. The van der Waals surface area contributed by atoms with E-state index < -0.39 is 0 Å². The molecule has 0 aliphatic rings. The van der Waals surface area contributed by atoms with E-state index >= 15 is 0 Å². The van der Waals surface area contributed by atoms with Crippen LogP contribution in [0, 0.1) is 0 Å². The Morgan fingerprint density at radius 3 is 2.64 bits per heavy atom. The maximum absolute atomic E-state index is 10.2. The van der Waals surface area contributed by atoms with Gasteiger partial charge < -0.3 is 10.1 Å². The van der Waals surface area contributed by atoms with Gasteiger partial charge in [-0.25, -0.2) is 0 Å². The van der Waals surface area contributed by atoms with Gasteiger partial charge in [0, 0.05) is 12.5 Å². The van der Waals surface area contributed by atoms with Crippen molar-refractivity contribution >= 4 is 6.29 Å². The van der Waals surface area contributed by atoms with E-state index in [-0.39, 0.29) is 0 Å². The monoisotopic (exact) mass is 191 g/mol. The molecule has 76 valence electrons. The van der Waals surface area contributed by atoms with E-state index in [1.165, 1.54) is 5.56 Å². The van der Waals surface area contributed by atoms with Crippen LogP contribution in [0.2, 0.25) is 0 Å². The Bertz CT molecular complexity index is 258. The number of rotatable bonds is 6. The molecule has 1 N–H and O–H groups in total. The lowest BCUT2D eigenvalue weighted by Gasteiger charge is -2.14. The van der Waals surface area contributed by atoms with Gasteiger partial charge >= 0.3 is 0 Å². The summed E-state index contributed by atoms with van der Waals surface area (Å²) in [7, 11) is 1.94. The number of carbonyl (C=O) groups excluding carboxylic acids is 1. The molecule has 0 amide bonds. The van der Waals surface area contributed by atoms with E-state index in [0.717, 1.165) is 19.1 Å². The Balaban J connectivity index is 2.44. The molecule has 1 aromatic carbocycles. The number of nitrogens with one attached hydrogen (secondary N) is 1. The van der Waals surface area contributed by atoms with Crippen molar-refractivity contribution in [2.24, 2.45) is 0 Å². The van der Waals surface area contributed by atoms with Crippen LogP contribution >= 0.6 is 0 Å². The summed E-state index contributed by atoms with van der Waals surface area (Å²) in [5, 5.41) is 3.23. The zero-order valence-corrected chi connectivity index (χ0v) is 8.57. The third-order valence-corrected chi connectivity index (χ3v) is 2.37. The summed E-state index contributed by atoms with van der Waals surface area (Å²) >= 11 is 0.